The smallest absolute Gasteiger partial charge is 0.235 e. The molecule has 1 amide bonds. The third-order valence-corrected chi connectivity index (χ3v) is 3.31. The van der Waals surface area contributed by atoms with Gasteiger partial charge >= 0.3 is 0 Å². The summed E-state index contributed by atoms with van der Waals surface area (Å²) in [6, 6.07) is 0.145. The van der Waals surface area contributed by atoms with E-state index < -0.39 is 0 Å². The summed E-state index contributed by atoms with van der Waals surface area (Å²) < 4.78 is 0. The summed E-state index contributed by atoms with van der Waals surface area (Å²) >= 11 is 5.50. The largest absolute Gasteiger partial charge is 0.353 e. The van der Waals surface area contributed by atoms with Crippen LogP contribution >= 0.6 is 11.6 Å². The maximum absolute atomic E-state index is 11.3. The molecule has 0 spiro atoms. The van der Waals surface area contributed by atoms with Gasteiger partial charge < -0.3 is 10.2 Å². The van der Waals surface area contributed by atoms with E-state index in [-0.39, 0.29) is 17.8 Å². The number of hydrogen-bond donors (Lipinski definition) is 1. The van der Waals surface area contributed by atoms with Gasteiger partial charge in [0.05, 0.1) is 5.69 Å². The number of halogens is 1. The molecule has 1 aromatic heterocycles. The van der Waals surface area contributed by atoms with Crippen LogP contribution in [0, 0.1) is 6.92 Å². The minimum atomic E-state index is -0.112. The van der Waals surface area contributed by atoms with E-state index in [1.165, 1.54) is 0 Å². The molecule has 0 aliphatic carbocycles. The number of carbonyl (C=O) groups excluding carboxylic acids is 1. The standard InChI is InChI=1S/C12H17ClN4O/c1-9-12(15-5-4-14-9)17-6-2-3-10(8-17)16-11(18)7-13/h4-5,10H,2-3,6-8H2,1H3,(H,16,18). The fourth-order valence-corrected chi connectivity index (χ4v) is 2.34. The first kappa shape index (κ1) is 13.1. The van der Waals surface area contributed by atoms with Crippen molar-refractivity contribution >= 4 is 23.3 Å². The van der Waals surface area contributed by atoms with Gasteiger partial charge in [-0.15, -0.1) is 11.6 Å². The molecule has 1 aliphatic rings. The van der Waals surface area contributed by atoms with E-state index in [0.717, 1.165) is 37.4 Å². The van der Waals surface area contributed by atoms with Gasteiger partial charge in [0.1, 0.15) is 11.7 Å². The number of piperidine rings is 1. The van der Waals surface area contributed by atoms with E-state index in [2.05, 4.69) is 20.2 Å². The van der Waals surface area contributed by atoms with Gasteiger partial charge in [0, 0.05) is 31.5 Å². The molecular formula is C12H17ClN4O. The van der Waals surface area contributed by atoms with Crippen LogP contribution < -0.4 is 10.2 Å². The van der Waals surface area contributed by atoms with Gasteiger partial charge in [-0.25, -0.2) is 4.98 Å². The van der Waals surface area contributed by atoms with Gasteiger partial charge in [0.25, 0.3) is 0 Å². The Hall–Kier alpha value is -1.36. The molecule has 98 valence electrons. The zero-order chi connectivity index (χ0) is 13.0. The number of nitrogens with one attached hydrogen (secondary N) is 1. The minimum absolute atomic E-state index is 0.0146. The van der Waals surface area contributed by atoms with Crippen LogP contribution in [0.15, 0.2) is 12.4 Å². The summed E-state index contributed by atoms with van der Waals surface area (Å²) in [7, 11) is 0. The minimum Gasteiger partial charge on any atom is -0.353 e. The van der Waals surface area contributed by atoms with E-state index in [1.54, 1.807) is 12.4 Å². The van der Waals surface area contributed by atoms with Crippen LogP contribution in [0.5, 0.6) is 0 Å². The molecule has 1 unspecified atom stereocenters. The molecule has 1 saturated heterocycles. The van der Waals surface area contributed by atoms with E-state index in [0.29, 0.717) is 0 Å². The summed E-state index contributed by atoms with van der Waals surface area (Å²) in [5.41, 5.74) is 0.918. The van der Waals surface area contributed by atoms with Crippen LogP contribution in [0.4, 0.5) is 5.82 Å². The zero-order valence-corrected chi connectivity index (χ0v) is 11.2. The zero-order valence-electron chi connectivity index (χ0n) is 10.4. The Morgan fingerprint density at radius 3 is 3.06 bits per heavy atom. The second-order valence-corrected chi connectivity index (χ2v) is 4.72. The molecule has 0 saturated carbocycles. The second kappa shape index (κ2) is 6.00. The topological polar surface area (TPSA) is 58.1 Å². The highest BCUT2D eigenvalue weighted by molar-refractivity contribution is 6.27. The third kappa shape index (κ3) is 3.10. The van der Waals surface area contributed by atoms with Crippen molar-refractivity contribution in [2.24, 2.45) is 0 Å². The summed E-state index contributed by atoms with van der Waals surface area (Å²) in [6.07, 6.45) is 5.40. The molecule has 1 fully saturated rings. The van der Waals surface area contributed by atoms with Crippen molar-refractivity contribution in [3.8, 4) is 0 Å². The van der Waals surface area contributed by atoms with E-state index in [1.807, 2.05) is 6.92 Å². The maximum Gasteiger partial charge on any atom is 0.235 e. The van der Waals surface area contributed by atoms with Crippen molar-refractivity contribution in [1.82, 2.24) is 15.3 Å². The fraction of sp³-hybridized carbons (Fsp3) is 0.583. The third-order valence-electron chi connectivity index (χ3n) is 3.06. The Morgan fingerprint density at radius 1 is 1.56 bits per heavy atom. The van der Waals surface area contributed by atoms with Crippen LogP contribution in [-0.4, -0.2) is 40.9 Å². The lowest BCUT2D eigenvalue weighted by atomic mass is 10.1. The first-order valence-corrected chi connectivity index (χ1v) is 6.62. The first-order chi connectivity index (χ1) is 8.70. The van der Waals surface area contributed by atoms with Crippen molar-refractivity contribution in [1.29, 1.82) is 0 Å². The van der Waals surface area contributed by atoms with Gasteiger partial charge in [0.15, 0.2) is 0 Å². The molecule has 1 N–H and O–H groups in total. The lowest BCUT2D eigenvalue weighted by molar-refractivity contribution is -0.119. The molecular weight excluding hydrogens is 252 g/mol. The maximum atomic E-state index is 11.3. The number of rotatable bonds is 3. The molecule has 5 nitrogen and oxygen atoms in total. The average molecular weight is 269 g/mol. The molecule has 2 heterocycles. The highest BCUT2D eigenvalue weighted by Gasteiger charge is 2.23. The monoisotopic (exact) mass is 268 g/mol. The molecule has 6 heteroatoms. The van der Waals surface area contributed by atoms with Crippen molar-refractivity contribution in [3.63, 3.8) is 0 Å². The highest BCUT2D eigenvalue weighted by Crippen LogP contribution is 2.19. The number of nitrogens with zero attached hydrogens (tertiary/aromatic N) is 3. The van der Waals surface area contributed by atoms with Crippen LogP contribution in [-0.2, 0) is 4.79 Å². The van der Waals surface area contributed by atoms with Crippen LogP contribution in [0.25, 0.3) is 0 Å². The van der Waals surface area contributed by atoms with Crippen molar-refractivity contribution in [2.45, 2.75) is 25.8 Å². The number of aryl methyl sites for hydroxylation is 1. The molecule has 2 rings (SSSR count). The quantitative estimate of drug-likeness (QED) is 0.835. The van der Waals surface area contributed by atoms with Gasteiger partial charge in [-0.1, -0.05) is 0 Å². The predicted molar refractivity (Wildman–Crippen MR) is 70.9 cm³/mol. The van der Waals surface area contributed by atoms with Crippen molar-refractivity contribution in [2.75, 3.05) is 23.9 Å². The van der Waals surface area contributed by atoms with Crippen LogP contribution in [0.3, 0.4) is 0 Å². The Morgan fingerprint density at radius 2 is 2.33 bits per heavy atom. The molecule has 0 bridgehead atoms. The number of carbonyl (C=O) groups is 1. The Balaban J connectivity index is 2.03. The number of aromatic nitrogens is 2. The summed E-state index contributed by atoms with van der Waals surface area (Å²) in [5, 5.41) is 2.93. The average Bonchev–Trinajstić information content (AvgIpc) is 2.39. The molecule has 18 heavy (non-hydrogen) atoms. The number of amides is 1. The Bertz CT molecular complexity index is 426. The van der Waals surface area contributed by atoms with Gasteiger partial charge in [-0.05, 0) is 19.8 Å². The molecule has 1 aromatic rings. The predicted octanol–water partition coefficient (Wildman–Crippen LogP) is 1.11. The second-order valence-electron chi connectivity index (χ2n) is 4.45. The van der Waals surface area contributed by atoms with E-state index in [9.17, 15) is 4.79 Å². The highest BCUT2D eigenvalue weighted by atomic mass is 35.5. The fourth-order valence-electron chi connectivity index (χ4n) is 2.26. The van der Waals surface area contributed by atoms with Crippen LogP contribution in [0.1, 0.15) is 18.5 Å². The number of hydrogen-bond acceptors (Lipinski definition) is 4. The SMILES string of the molecule is Cc1nccnc1N1CCCC(NC(=O)CCl)C1. The van der Waals surface area contributed by atoms with Gasteiger partial charge in [-0.3, -0.25) is 9.78 Å². The lowest BCUT2D eigenvalue weighted by Crippen LogP contribution is -2.48. The molecule has 1 atom stereocenters. The summed E-state index contributed by atoms with van der Waals surface area (Å²) in [6.45, 7) is 3.66. The molecule has 0 aromatic carbocycles. The number of anilines is 1. The lowest BCUT2D eigenvalue weighted by Gasteiger charge is -2.34. The van der Waals surface area contributed by atoms with Crippen LogP contribution in [0.2, 0.25) is 0 Å². The summed E-state index contributed by atoms with van der Waals surface area (Å²) in [4.78, 5) is 22.1. The van der Waals surface area contributed by atoms with Crippen molar-refractivity contribution < 1.29 is 4.79 Å². The molecule has 0 radical (unpaired) electrons. The molecule has 1 aliphatic heterocycles. The normalized spacial score (nSPS) is 19.7. The number of alkyl halides is 1. The Kier molecular flexibility index (Phi) is 4.36. The van der Waals surface area contributed by atoms with Gasteiger partial charge in [-0.2, -0.15) is 0 Å². The van der Waals surface area contributed by atoms with Gasteiger partial charge in [0.2, 0.25) is 5.91 Å². The van der Waals surface area contributed by atoms with E-state index in [4.69, 9.17) is 11.6 Å². The Labute approximate surface area is 112 Å². The van der Waals surface area contributed by atoms with E-state index >= 15 is 0 Å². The first-order valence-electron chi connectivity index (χ1n) is 6.08. The van der Waals surface area contributed by atoms with Crippen molar-refractivity contribution in [3.05, 3.63) is 18.1 Å². The summed E-state index contributed by atoms with van der Waals surface area (Å²) in [5.74, 6) is 0.808.